The van der Waals surface area contributed by atoms with Crippen molar-refractivity contribution in [3.8, 4) is 0 Å². The minimum absolute atomic E-state index is 0.0953. The quantitative estimate of drug-likeness (QED) is 0.364. The molecule has 1 fully saturated rings. The molecule has 1 aliphatic heterocycles. The maximum Gasteiger partial charge on any atom is 0.253 e. The molecule has 0 bridgehead atoms. The summed E-state index contributed by atoms with van der Waals surface area (Å²) in [5, 5.41) is 7.02. The number of rotatable bonds is 5. The Hall–Kier alpha value is -3.90. The van der Waals surface area contributed by atoms with Crippen LogP contribution in [0.2, 0.25) is 0 Å². The molecule has 0 spiro atoms. The molecule has 6 nitrogen and oxygen atoms in total. The Balaban J connectivity index is 1.34. The van der Waals surface area contributed by atoms with Crippen LogP contribution in [0.25, 0.3) is 32.7 Å². The number of hydrogen-bond acceptors (Lipinski definition) is 4. The predicted octanol–water partition coefficient (Wildman–Crippen LogP) is 4.91. The number of hydrogen-bond donors (Lipinski definition) is 2. The number of fused-ring (bicyclic) bond motifs is 3. The Morgan fingerprint density at radius 3 is 2.51 bits per heavy atom. The minimum atomic E-state index is 0.0953. The van der Waals surface area contributed by atoms with E-state index in [1.54, 1.807) is 0 Å². The van der Waals surface area contributed by atoms with Crippen molar-refractivity contribution in [1.82, 2.24) is 19.8 Å². The number of nitrogens with one attached hydrogen (secondary N) is 2. The van der Waals surface area contributed by atoms with Gasteiger partial charge in [0.25, 0.3) is 5.91 Å². The molecule has 6 rings (SSSR count). The lowest BCUT2D eigenvalue weighted by Gasteiger charge is -2.32. The minimum Gasteiger partial charge on any atom is -0.384 e. The van der Waals surface area contributed by atoms with E-state index in [4.69, 9.17) is 4.98 Å². The van der Waals surface area contributed by atoms with Crippen molar-refractivity contribution in [2.45, 2.75) is 6.42 Å². The summed E-state index contributed by atoms with van der Waals surface area (Å²) in [4.78, 5) is 25.8. The normalized spacial score (nSPS) is 14.7. The van der Waals surface area contributed by atoms with Gasteiger partial charge in [0.1, 0.15) is 0 Å². The van der Waals surface area contributed by atoms with E-state index in [0.717, 1.165) is 77.7 Å². The van der Waals surface area contributed by atoms with Crippen LogP contribution in [0.1, 0.15) is 15.9 Å². The standard InChI is InChI=1S/C29H29N5O/c1-33-14-16-34(17-15-33)29(35)20-10-11-27-24(18-20)28(23-7-3-5-9-26(23)32-27)30-13-12-21-19-31-25-8-4-2-6-22(21)25/h2-11,18-19,31H,12-17H2,1H3,(H,30,32). The fourth-order valence-electron chi connectivity index (χ4n) is 5.07. The zero-order valence-corrected chi connectivity index (χ0v) is 19.9. The van der Waals surface area contributed by atoms with Crippen molar-refractivity contribution in [3.05, 3.63) is 84.1 Å². The number of para-hydroxylation sites is 2. The largest absolute Gasteiger partial charge is 0.384 e. The molecule has 3 aromatic carbocycles. The summed E-state index contributed by atoms with van der Waals surface area (Å²) in [6.45, 7) is 4.12. The van der Waals surface area contributed by atoms with E-state index in [2.05, 4.69) is 58.8 Å². The average molecular weight is 464 g/mol. The Bertz CT molecular complexity index is 1530. The van der Waals surface area contributed by atoms with Crippen molar-refractivity contribution >= 4 is 44.3 Å². The van der Waals surface area contributed by atoms with Gasteiger partial charge in [-0.25, -0.2) is 4.98 Å². The Kier molecular flexibility index (Phi) is 5.58. The van der Waals surface area contributed by atoms with Gasteiger partial charge in [0.2, 0.25) is 0 Å². The lowest BCUT2D eigenvalue weighted by molar-refractivity contribution is 0.0664. The Labute approximate surface area is 204 Å². The van der Waals surface area contributed by atoms with Crippen LogP contribution in [-0.4, -0.2) is 65.4 Å². The first-order valence-corrected chi connectivity index (χ1v) is 12.3. The topological polar surface area (TPSA) is 64.3 Å². The number of carbonyl (C=O) groups excluding carboxylic acids is 1. The number of likely N-dealkylation sites (N-methyl/N-ethyl adjacent to an activating group) is 1. The smallest absolute Gasteiger partial charge is 0.253 e. The van der Waals surface area contributed by atoms with E-state index < -0.39 is 0 Å². The Morgan fingerprint density at radius 2 is 1.66 bits per heavy atom. The van der Waals surface area contributed by atoms with Crippen LogP contribution in [0.4, 0.5) is 5.69 Å². The highest BCUT2D eigenvalue weighted by atomic mass is 16.2. The maximum atomic E-state index is 13.3. The maximum absolute atomic E-state index is 13.3. The zero-order valence-electron chi connectivity index (χ0n) is 19.9. The van der Waals surface area contributed by atoms with Crippen molar-refractivity contribution in [3.63, 3.8) is 0 Å². The summed E-state index contributed by atoms with van der Waals surface area (Å²) in [6, 6.07) is 22.5. The fourth-order valence-corrected chi connectivity index (χ4v) is 5.07. The van der Waals surface area contributed by atoms with Crippen LogP contribution in [0.15, 0.2) is 72.9 Å². The summed E-state index contributed by atoms with van der Waals surface area (Å²) in [7, 11) is 2.10. The fraction of sp³-hybridized carbons (Fsp3) is 0.241. The van der Waals surface area contributed by atoms with Crippen LogP contribution in [0.5, 0.6) is 0 Å². The van der Waals surface area contributed by atoms with Gasteiger partial charge in [0.05, 0.1) is 16.7 Å². The second-order valence-electron chi connectivity index (χ2n) is 9.37. The molecule has 6 heteroatoms. The molecule has 176 valence electrons. The molecule has 2 aromatic heterocycles. The van der Waals surface area contributed by atoms with Crippen molar-refractivity contribution in [2.75, 3.05) is 45.1 Å². The van der Waals surface area contributed by atoms with E-state index >= 15 is 0 Å². The summed E-state index contributed by atoms with van der Waals surface area (Å²) in [5.41, 5.74) is 6.06. The number of carbonyl (C=O) groups is 1. The number of anilines is 1. The molecule has 3 heterocycles. The second kappa shape index (κ2) is 9.04. The van der Waals surface area contributed by atoms with Crippen molar-refractivity contribution in [2.24, 2.45) is 0 Å². The van der Waals surface area contributed by atoms with Crippen LogP contribution < -0.4 is 5.32 Å². The monoisotopic (exact) mass is 463 g/mol. The predicted molar refractivity (Wildman–Crippen MR) is 143 cm³/mol. The highest BCUT2D eigenvalue weighted by Crippen LogP contribution is 2.32. The van der Waals surface area contributed by atoms with Gasteiger partial charge in [-0.2, -0.15) is 0 Å². The van der Waals surface area contributed by atoms with Gasteiger partial charge >= 0.3 is 0 Å². The summed E-state index contributed by atoms with van der Waals surface area (Å²) >= 11 is 0. The third kappa shape index (κ3) is 4.10. The molecule has 0 unspecified atom stereocenters. The highest BCUT2D eigenvalue weighted by Gasteiger charge is 2.21. The SMILES string of the molecule is CN1CCN(C(=O)c2ccc3nc4ccccc4c(NCCc4c[nH]c5ccccc45)c3c2)CC1. The van der Waals surface area contributed by atoms with Crippen LogP contribution in [0, 0.1) is 0 Å². The molecule has 1 saturated heterocycles. The Morgan fingerprint density at radius 1 is 0.914 bits per heavy atom. The molecule has 0 saturated carbocycles. The van der Waals surface area contributed by atoms with Gasteiger partial charge in [-0.15, -0.1) is 0 Å². The van der Waals surface area contributed by atoms with E-state index in [1.807, 2.05) is 41.3 Å². The first-order valence-electron chi connectivity index (χ1n) is 12.3. The molecule has 0 radical (unpaired) electrons. The number of H-pyrrole nitrogens is 1. The molecule has 1 amide bonds. The van der Waals surface area contributed by atoms with Gasteiger partial charge in [-0.3, -0.25) is 4.79 Å². The number of amides is 1. The number of piperazine rings is 1. The summed E-state index contributed by atoms with van der Waals surface area (Å²) < 4.78 is 0. The molecule has 1 aliphatic rings. The van der Waals surface area contributed by atoms with Crippen LogP contribution in [-0.2, 0) is 6.42 Å². The van der Waals surface area contributed by atoms with Crippen LogP contribution >= 0.6 is 0 Å². The van der Waals surface area contributed by atoms with E-state index in [0.29, 0.717) is 0 Å². The highest BCUT2D eigenvalue weighted by molar-refractivity contribution is 6.09. The number of pyridine rings is 1. The summed E-state index contributed by atoms with van der Waals surface area (Å²) in [5.74, 6) is 0.0953. The molecule has 0 aliphatic carbocycles. The first-order chi connectivity index (χ1) is 17.2. The van der Waals surface area contributed by atoms with E-state index in [1.165, 1.54) is 10.9 Å². The molecule has 35 heavy (non-hydrogen) atoms. The molecule has 5 aromatic rings. The molecular formula is C29H29N5O. The second-order valence-corrected chi connectivity index (χ2v) is 9.37. The van der Waals surface area contributed by atoms with Gasteiger partial charge < -0.3 is 20.1 Å². The molecule has 0 atom stereocenters. The van der Waals surface area contributed by atoms with Gasteiger partial charge in [-0.05, 0) is 49.4 Å². The molecule has 2 N–H and O–H groups in total. The van der Waals surface area contributed by atoms with Crippen molar-refractivity contribution < 1.29 is 4.79 Å². The number of benzene rings is 3. The van der Waals surface area contributed by atoms with Gasteiger partial charge in [0.15, 0.2) is 0 Å². The van der Waals surface area contributed by atoms with Gasteiger partial charge in [0, 0.05) is 66.2 Å². The molecular weight excluding hydrogens is 434 g/mol. The third-order valence-electron chi connectivity index (χ3n) is 7.09. The lowest BCUT2D eigenvalue weighted by Crippen LogP contribution is -2.47. The zero-order chi connectivity index (χ0) is 23.8. The number of aromatic amines is 1. The van der Waals surface area contributed by atoms with E-state index in [9.17, 15) is 4.79 Å². The average Bonchev–Trinajstić information content (AvgIpc) is 3.31. The third-order valence-corrected chi connectivity index (χ3v) is 7.09. The lowest BCUT2D eigenvalue weighted by atomic mass is 10.0. The summed E-state index contributed by atoms with van der Waals surface area (Å²) in [6.07, 6.45) is 2.99. The number of nitrogens with zero attached hydrogens (tertiary/aromatic N) is 3. The van der Waals surface area contributed by atoms with Crippen LogP contribution in [0.3, 0.4) is 0 Å². The first kappa shape index (κ1) is 21.6. The van der Waals surface area contributed by atoms with E-state index in [-0.39, 0.29) is 5.91 Å². The van der Waals surface area contributed by atoms with Gasteiger partial charge in [-0.1, -0.05) is 36.4 Å². The van der Waals surface area contributed by atoms with Crippen molar-refractivity contribution in [1.29, 1.82) is 0 Å². The number of aromatic nitrogens is 2.